The molecule has 6 heteroatoms. The largest absolute Gasteiger partial charge is 0.497 e. The van der Waals surface area contributed by atoms with Crippen LogP contribution in [0.5, 0.6) is 11.5 Å². The van der Waals surface area contributed by atoms with Gasteiger partial charge in [-0.15, -0.1) is 0 Å². The van der Waals surface area contributed by atoms with Gasteiger partial charge in [-0.05, 0) is 38.1 Å². The summed E-state index contributed by atoms with van der Waals surface area (Å²) < 4.78 is 10.8. The molecule has 0 atom stereocenters. The fraction of sp³-hybridized carbons (Fsp3) is 0.375. The Hall–Kier alpha value is -2.50. The van der Waals surface area contributed by atoms with Gasteiger partial charge in [-0.3, -0.25) is 9.78 Å². The minimum absolute atomic E-state index is 0.176. The van der Waals surface area contributed by atoms with Crippen LogP contribution in [-0.4, -0.2) is 30.2 Å². The van der Waals surface area contributed by atoms with Crippen molar-refractivity contribution in [1.82, 2.24) is 9.97 Å². The number of H-pyrrole nitrogens is 1. The first-order chi connectivity index (χ1) is 10.7. The average Bonchev–Trinajstić information content (AvgIpc) is 2.54. The first kappa shape index (κ1) is 15.9. The molecule has 2 rings (SSSR count). The quantitative estimate of drug-likeness (QED) is 0.849. The van der Waals surface area contributed by atoms with Gasteiger partial charge >= 0.3 is 0 Å². The van der Waals surface area contributed by atoms with Crippen molar-refractivity contribution < 1.29 is 9.47 Å². The Bertz CT molecular complexity index is 648. The van der Waals surface area contributed by atoms with E-state index in [0.29, 0.717) is 17.4 Å². The summed E-state index contributed by atoms with van der Waals surface area (Å²) in [5, 5.41) is 0. The normalized spacial score (nSPS) is 10.3. The van der Waals surface area contributed by atoms with E-state index in [1.54, 1.807) is 7.11 Å². The highest BCUT2D eigenvalue weighted by Crippen LogP contribution is 2.18. The van der Waals surface area contributed by atoms with E-state index in [-0.39, 0.29) is 12.2 Å². The minimum atomic E-state index is -0.176. The maximum Gasteiger partial charge on any atom is 0.252 e. The zero-order chi connectivity index (χ0) is 15.9. The lowest BCUT2D eigenvalue weighted by Crippen LogP contribution is -2.27. The van der Waals surface area contributed by atoms with Gasteiger partial charge in [-0.1, -0.05) is 0 Å². The van der Waals surface area contributed by atoms with Crippen molar-refractivity contribution in [3.63, 3.8) is 0 Å². The van der Waals surface area contributed by atoms with Crippen LogP contribution in [0.2, 0.25) is 0 Å². The van der Waals surface area contributed by atoms with Crippen molar-refractivity contribution in [2.45, 2.75) is 20.5 Å². The highest BCUT2D eigenvalue weighted by atomic mass is 16.5. The van der Waals surface area contributed by atoms with Crippen LogP contribution in [0.15, 0.2) is 35.1 Å². The molecule has 0 spiro atoms. The lowest BCUT2D eigenvalue weighted by atomic mass is 10.3. The number of nitrogens with one attached hydrogen (secondary N) is 1. The van der Waals surface area contributed by atoms with Crippen LogP contribution in [-0.2, 0) is 6.61 Å². The molecule has 0 radical (unpaired) electrons. The van der Waals surface area contributed by atoms with Crippen molar-refractivity contribution in [3.05, 3.63) is 46.4 Å². The summed E-state index contributed by atoms with van der Waals surface area (Å²) >= 11 is 0. The van der Waals surface area contributed by atoms with Gasteiger partial charge in [-0.25, -0.2) is 4.98 Å². The smallest absolute Gasteiger partial charge is 0.252 e. The fourth-order valence-electron chi connectivity index (χ4n) is 2.07. The molecule has 0 bridgehead atoms. The van der Waals surface area contributed by atoms with Crippen LogP contribution in [0.1, 0.15) is 19.5 Å². The molecule has 0 fully saturated rings. The lowest BCUT2D eigenvalue weighted by molar-refractivity contribution is 0.300. The number of anilines is 1. The predicted molar refractivity (Wildman–Crippen MR) is 85.7 cm³/mol. The molecule has 0 saturated heterocycles. The second kappa shape index (κ2) is 7.49. The molecule has 2 aromatic rings. The number of aromatic amines is 1. The van der Waals surface area contributed by atoms with Crippen molar-refractivity contribution >= 4 is 5.95 Å². The standard InChI is InChI=1S/C16H21N3O3/c1-4-19(5-2)16-17-12(10-15(20)18-16)11-22-14-8-6-13(21-3)7-9-14/h6-10H,4-5,11H2,1-3H3,(H,17,18,20). The Kier molecular flexibility index (Phi) is 5.41. The number of hydrogen-bond donors (Lipinski definition) is 1. The molecule has 22 heavy (non-hydrogen) atoms. The van der Waals surface area contributed by atoms with E-state index in [1.165, 1.54) is 6.07 Å². The van der Waals surface area contributed by atoms with Gasteiger partial charge in [0.15, 0.2) is 0 Å². The van der Waals surface area contributed by atoms with E-state index >= 15 is 0 Å². The summed E-state index contributed by atoms with van der Waals surface area (Å²) in [6.45, 7) is 5.84. The second-order valence-corrected chi connectivity index (χ2v) is 4.70. The van der Waals surface area contributed by atoms with Gasteiger partial charge in [0.25, 0.3) is 5.56 Å². The molecule has 1 N–H and O–H groups in total. The lowest BCUT2D eigenvalue weighted by Gasteiger charge is -2.19. The summed E-state index contributed by atoms with van der Waals surface area (Å²) in [6, 6.07) is 8.73. The van der Waals surface area contributed by atoms with Crippen molar-refractivity contribution in [2.75, 3.05) is 25.1 Å². The third-order valence-electron chi connectivity index (χ3n) is 3.29. The number of ether oxygens (including phenoxy) is 2. The number of nitrogens with zero attached hydrogens (tertiary/aromatic N) is 2. The average molecular weight is 303 g/mol. The highest BCUT2D eigenvalue weighted by molar-refractivity contribution is 5.32. The fourth-order valence-corrected chi connectivity index (χ4v) is 2.07. The van der Waals surface area contributed by atoms with E-state index < -0.39 is 0 Å². The third kappa shape index (κ3) is 4.00. The molecular formula is C16H21N3O3. The van der Waals surface area contributed by atoms with Gasteiger partial charge in [0, 0.05) is 19.2 Å². The molecule has 0 unspecified atom stereocenters. The van der Waals surface area contributed by atoms with E-state index in [0.717, 1.165) is 18.8 Å². The number of hydrogen-bond acceptors (Lipinski definition) is 5. The van der Waals surface area contributed by atoms with E-state index in [9.17, 15) is 4.79 Å². The zero-order valence-corrected chi connectivity index (χ0v) is 13.1. The summed E-state index contributed by atoms with van der Waals surface area (Å²) in [5.41, 5.74) is 0.423. The SMILES string of the molecule is CCN(CC)c1nc(COc2ccc(OC)cc2)cc(=O)[nH]1. The van der Waals surface area contributed by atoms with Crippen molar-refractivity contribution in [3.8, 4) is 11.5 Å². The number of rotatable bonds is 7. The second-order valence-electron chi connectivity index (χ2n) is 4.70. The maximum atomic E-state index is 11.7. The summed E-state index contributed by atoms with van der Waals surface area (Å²) in [4.78, 5) is 20.9. The molecule has 1 aromatic carbocycles. The van der Waals surface area contributed by atoms with Gasteiger partial charge < -0.3 is 14.4 Å². The molecule has 1 heterocycles. The van der Waals surface area contributed by atoms with E-state index in [1.807, 2.05) is 43.0 Å². The van der Waals surface area contributed by atoms with Gasteiger partial charge in [0.2, 0.25) is 5.95 Å². The van der Waals surface area contributed by atoms with Crippen LogP contribution >= 0.6 is 0 Å². The molecule has 0 aliphatic carbocycles. The molecule has 118 valence electrons. The zero-order valence-electron chi connectivity index (χ0n) is 13.1. The van der Waals surface area contributed by atoms with E-state index in [4.69, 9.17) is 9.47 Å². The van der Waals surface area contributed by atoms with Crippen LogP contribution in [0.25, 0.3) is 0 Å². The molecule has 0 aliphatic heterocycles. The minimum Gasteiger partial charge on any atom is -0.497 e. The molecule has 0 aliphatic rings. The highest BCUT2D eigenvalue weighted by Gasteiger charge is 2.07. The number of benzene rings is 1. The van der Waals surface area contributed by atoms with Gasteiger partial charge in [0.05, 0.1) is 12.8 Å². The number of aromatic nitrogens is 2. The Balaban J connectivity index is 2.10. The number of methoxy groups -OCH3 is 1. The first-order valence-electron chi connectivity index (χ1n) is 7.28. The van der Waals surface area contributed by atoms with Gasteiger partial charge in [-0.2, -0.15) is 0 Å². The van der Waals surface area contributed by atoms with Crippen molar-refractivity contribution in [1.29, 1.82) is 0 Å². The summed E-state index contributed by atoms with van der Waals surface area (Å²) in [6.07, 6.45) is 0. The Morgan fingerprint density at radius 3 is 2.36 bits per heavy atom. The predicted octanol–water partition coefficient (Wildman–Crippen LogP) is 2.20. The molecule has 0 saturated carbocycles. The monoisotopic (exact) mass is 303 g/mol. The van der Waals surface area contributed by atoms with Crippen LogP contribution in [0.4, 0.5) is 5.95 Å². The first-order valence-corrected chi connectivity index (χ1v) is 7.28. The topological polar surface area (TPSA) is 67.5 Å². The van der Waals surface area contributed by atoms with Gasteiger partial charge in [0.1, 0.15) is 18.1 Å². The summed E-state index contributed by atoms with van der Waals surface area (Å²) in [5.74, 6) is 2.04. The molecule has 0 amide bonds. The third-order valence-corrected chi connectivity index (χ3v) is 3.29. The Labute approximate surface area is 129 Å². The Morgan fingerprint density at radius 1 is 1.14 bits per heavy atom. The maximum absolute atomic E-state index is 11.7. The molecule has 6 nitrogen and oxygen atoms in total. The molecule has 1 aromatic heterocycles. The van der Waals surface area contributed by atoms with Crippen molar-refractivity contribution in [2.24, 2.45) is 0 Å². The Morgan fingerprint density at radius 2 is 1.77 bits per heavy atom. The molecular weight excluding hydrogens is 282 g/mol. The van der Waals surface area contributed by atoms with E-state index in [2.05, 4.69) is 9.97 Å². The van der Waals surface area contributed by atoms with Crippen LogP contribution < -0.4 is 19.9 Å². The van der Waals surface area contributed by atoms with Crippen LogP contribution in [0.3, 0.4) is 0 Å². The van der Waals surface area contributed by atoms with Crippen LogP contribution in [0, 0.1) is 0 Å². The summed E-state index contributed by atoms with van der Waals surface area (Å²) in [7, 11) is 1.62.